The van der Waals surface area contributed by atoms with Crippen molar-refractivity contribution >= 4 is 38.9 Å². The first kappa shape index (κ1) is 22.0. The van der Waals surface area contributed by atoms with E-state index in [1.807, 2.05) is 6.07 Å². The van der Waals surface area contributed by atoms with E-state index >= 15 is 0 Å². The summed E-state index contributed by atoms with van der Waals surface area (Å²) >= 11 is 6.99. The Balaban J connectivity index is 1.68. The fraction of sp³-hybridized carbons (Fsp3) is 0.227. The highest BCUT2D eigenvalue weighted by molar-refractivity contribution is 7.91. The molecule has 1 aromatic heterocycles. The highest BCUT2D eigenvalue weighted by Crippen LogP contribution is 2.58. The number of carboxylic acids is 1. The summed E-state index contributed by atoms with van der Waals surface area (Å²) in [6.07, 6.45) is 0.0990. The minimum atomic E-state index is -4.09. The van der Waals surface area contributed by atoms with Gasteiger partial charge in [-0.15, -0.1) is 11.3 Å². The second-order valence-electron chi connectivity index (χ2n) is 7.50. The van der Waals surface area contributed by atoms with Crippen LogP contribution in [0.2, 0.25) is 5.02 Å². The molecule has 31 heavy (non-hydrogen) atoms. The molecule has 4 rings (SSSR count). The van der Waals surface area contributed by atoms with Gasteiger partial charge in [-0.1, -0.05) is 54.1 Å². The van der Waals surface area contributed by atoms with Crippen molar-refractivity contribution in [2.45, 2.75) is 21.6 Å². The van der Waals surface area contributed by atoms with Crippen molar-refractivity contribution in [3.8, 4) is 10.4 Å². The van der Waals surface area contributed by atoms with E-state index in [0.29, 0.717) is 5.02 Å². The molecule has 0 saturated heterocycles. The van der Waals surface area contributed by atoms with Crippen molar-refractivity contribution in [2.75, 3.05) is 13.7 Å². The van der Waals surface area contributed by atoms with E-state index in [1.165, 1.54) is 13.2 Å². The number of hydrogen-bond donors (Lipinski definition) is 2. The zero-order chi connectivity index (χ0) is 22.3. The average Bonchev–Trinajstić information content (AvgIpc) is 3.12. The standard InChI is InChI=1S/C22H20ClNO5S2/c1-29-14-21(16-5-3-2-4-6-16)13-22(21,20(25)26)24-31(27,28)19-12-11-18(30-19)15-7-9-17(23)10-8-15/h2-12,24H,13-14H2,1H3,(H,25,26)/t21-,22?/m1/s1. The number of thiophene rings is 1. The summed E-state index contributed by atoms with van der Waals surface area (Å²) in [7, 11) is -2.61. The Morgan fingerprint density at radius 1 is 1.13 bits per heavy atom. The molecule has 1 unspecified atom stereocenters. The minimum Gasteiger partial charge on any atom is -0.480 e. The number of sulfonamides is 1. The number of aliphatic carboxylic acids is 1. The fourth-order valence-corrected chi connectivity index (χ4v) is 6.85. The van der Waals surface area contributed by atoms with Crippen molar-refractivity contribution < 1.29 is 23.1 Å². The Morgan fingerprint density at radius 3 is 2.42 bits per heavy atom. The lowest BCUT2D eigenvalue weighted by Crippen LogP contribution is -2.49. The molecule has 6 nitrogen and oxygen atoms in total. The van der Waals surface area contributed by atoms with Crippen LogP contribution in [0, 0.1) is 0 Å². The molecule has 2 atom stereocenters. The van der Waals surface area contributed by atoms with E-state index in [4.69, 9.17) is 16.3 Å². The van der Waals surface area contributed by atoms with Crippen molar-refractivity contribution in [3.63, 3.8) is 0 Å². The number of carboxylic acid groups (broad SMARTS) is 1. The smallest absolute Gasteiger partial charge is 0.325 e. The maximum atomic E-state index is 13.2. The lowest BCUT2D eigenvalue weighted by Gasteiger charge is -2.23. The topological polar surface area (TPSA) is 92.7 Å². The van der Waals surface area contributed by atoms with Gasteiger partial charge < -0.3 is 9.84 Å². The minimum absolute atomic E-state index is 0.0457. The number of nitrogens with one attached hydrogen (secondary N) is 1. The first-order valence-corrected chi connectivity index (χ1v) is 12.1. The number of hydrogen-bond acceptors (Lipinski definition) is 5. The zero-order valence-electron chi connectivity index (χ0n) is 16.5. The second kappa shape index (κ2) is 8.03. The first-order valence-electron chi connectivity index (χ1n) is 9.42. The van der Waals surface area contributed by atoms with Crippen LogP contribution in [0.25, 0.3) is 10.4 Å². The molecule has 9 heteroatoms. The maximum Gasteiger partial charge on any atom is 0.325 e. The summed E-state index contributed by atoms with van der Waals surface area (Å²) in [5.74, 6) is -1.23. The van der Waals surface area contributed by atoms with E-state index in [0.717, 1.165) is 27.3 Å². The average molecular weight is 478 g/mol. The summed E-state index contributed by atoms with van der Waals surface area (Å²) in [5.41, 5.74) is -1.13. The van der Waals surface area contributed by atoms with Gasteiger partial charge in [0.25, 0.3) is 10.0 Å². The summed E-state index contributed by atoms with van der Waals surface area (Å²) in [6, 6.07) is 19.2. The maximum absolute atomic E-state index is 13.2. The Morgan fingerprint density at radius 2 is 1.81 bits per heavy atom. The summed E-state index contributed by atoms with van der Waals surface area (Å²) < 4.78 is 34.2. The molecule has 1 aliphatic carbocycles. The third kappa shape index (κ3) is 3.79. The Kier molecular flexibility index (Phi) is 5.70. The van der Waals surface area contributed by atoms with E-state index in [2.05, 4.69) is 4.72 Å². The Bertz CT molecular complexity index is 1210. The van der Waals surface area contributed by atoms with Gasteiger partial charge in [0.15, 0.2) is 0 Å². The molecular formula is C22H20ClNO5S2. The van der Waals surface area contributed by atoms with Crippen molar-refractivity contribution in [1.29, 1.82) is 0 Å². The largest absolute Gasteiger partial charge is 0.480 e. The highest BCUT2D eigenvalue weighted by Gasteiger charge is 2.75. The molecule has 0 spiro atoms. The van der Waals surface area contributed by atoms with Crippen LogP contribution in [0.1, 0.15) is 12.0 Å². The van der Waals surface area contributed by atoms with Crippen LogP contribution in [0.15, 0.2) is 70.9 Å². The van der Waals surface area contributed by atoms with Crippen molar-refractivity contribution in [1.82, 2.24) is 4.72 Å². The number of ether oxygens (including phenoxy) is 1. The van der Waals surface area contributed by atoms with Gasteiger partial charge in [0.2, 0.25) is 0 Å². The van der Waals surface area contributed by atoms with Crippen LogP contribution in [0.5, 0.6) is 0 Å². The van der Waals surface area contributed by atoms with Gasteiger partial charge in [-0.25, -0.2) is 8.42 Å². The molecule has 0 aliphatic heterocycles. The molecule has 0 radical (unpaired) electrons. The van der Waals surface area contributed by atoms with Gasteiger partial charge in [-0.2, -0.15) is 4.72 Å². The molecule has 0 amide bonds. The number of rotatable bonds is 8. The van der Waals surface area contributed by atoms with Gasteiger partial charge in [0.05, 0.1) is 12.0 Å². The predicted molar refractivity (Wildman–Crippen MR) is 120 cm³/mol. The number of methoxy groups -OCH3 is 1. The van der Waals surface area contributed by atoms with Crippen LogP contribution >= 0.6 is 22.9 Å². The van der Waals surface area contributed by atoms with Gasteiger partial charge in [0, 0.05) is 17.0 Å². The summed E-state index contributed by atoms with van der Waals surface area (Å²) in [6.45, 7) is 0.0757. The molecule has 2 aromatic carbocycles. The lowest BCUT2D eigenvalue weighted by atomic mass is 9.91. The van der Waals surface area contributed by atoms with E-state index < -0.39 is 26.9 Å². The summed E-state index contributed by atoms with van der Waals surface area (Å²) in [4.78, 5) is 13.1. The molecule has 3 aromatic rings. The van der Waals surface area contributed by atoms with E-state index in [1.54, 1.807) is 54.6 Å². The molecule has 1 fully saturated rings. The summed E-state index contributed by atoms with van der Waals surface area (Å²) in [5, 5.41) is 10.6. The number of benzene rings is 2. The third-order valence-electron chi connectivity index (χ3n) is 5.62. The van der Waals surface area contributed by atoms with Gasteiger partial charge in [-0.3, -0.25) is 4.79 Å². The number of halogens is 1. The molecule has 1 aliphatic rings. The van der Waals surface area contributed by atoms with Crippen LogP contribution in [0.3, 0.4) is 0 Å². The molecule has 1 saturated carbocycles. The molecule has 0 bridgehead atoms. The first-order chi connectivity index (χ1) is 14.7. The lowest BCUT2D eigenvalue weighted by molar-refractivity contribution is -0.141. The van der Waals surface area contributed by atoms with Crippen LogP contribution in [0.4, 0.5) is 0 Å². The van der Waals surface area contributed by atoms with E-state index in [9.17, 15) is 18.3 Å². The van der Waals surface area contributed by atoms with Crippen LogP contribution in [-0.4, -0.2) is 38.7 Å². The normalized spacial score (nSPS) is 22.9. The Hall–Kier alpha value is -2.23. The highest BCUT2D eigenvalue weighted by atomic mass is 35.5. The van der Waals surface area contributed by atoms with Crippen LogP contribution < -0.4 is 4.72 Å². The quantitative estimate of drug-likeness (QED) is 0.508. The monoisotopic (exact) mass is 477 g/mol. The number of carbonyl (C=O) groups is 1. The van der Waals surface area contributed by atoms with Crippen molar-refractivity contribution in [2.24, 2.45) is 0 Å². The second-order valence-corrected chi connectivity index (χ2v) is 10.9. The predicted octanol–water partition coefficient (Wildman–Crippen LogP) is 4.16. The fourth-order valence-electron chi connectivity index (χ4n) is 3.99. The molecule has 2 N–H and O–H groups in total. The van der Waals surface area contributed by atoms with E-state index in [-0.39, 0.29) is 17.2 Å². The SMILES string of the molecule is COC[C@@]1(c2ccccc2)CC1(NS(=O)(=O)c1ccc(-c2ccc(Cl)cc2)s1)C(=O)O. The van der Waals surface area contributed by atoms with Crippen LogP contribution in [-0.2, 0) is 25.0 Å². The zero-order valence-corrected chi connectivity index (χ0v) is 18.9. The molecular weight excluding hydrogens is 458 g/mol. The third-order valence-corrected chi connectivity index (χ3v) is 9.00. The van der Waals surface area contributed by atoms with Gasteiger partial charge in [-0.05, 0) is 41.8 Å². The van der Waals surface area contributed by atoms with Crippen molar-refractivity contribution in [3.05, 3.63) is 77.3 Å². The Labute approximate surface area is 189 Å². The molecule has 162 valence electrons. The molecule has 1 heterocycles. The van der Waals surface area contributed by atoms with Gasteiger partial charge >= 0.3 is 5.97 Å². The van der Waals surface area contributed by atoms with Gasteiger partial charge in [0.1, 0.15) is 9.75 Å².